The van der Waals surface area contributed by atoms with Crippen LogP contribution < -0.4 is 20.9 Å². The predicted octanol–water partition coefficient (Wildman–Crippen LogP) is 4.01. The summed E-state index contributed by atoms with van der Waals surface area (Å²) in [7, 11) is 1.64. The van der Waals surface area contributed by atoms with Crippen LogP contribution in [0.1, 0.15) is 13.8 Å². The molecule has 20 heavy (non-hydrogen) atoms. The van der Waals surface area contributed by atoms with Gasteiger partial charge in [-0.25, -0.2) is 0 Å². The molecule has 2 aromatic carbocycles. The van der Waals surface area contributed by atoms with Gasteiger partial charge in [0.1, 0.15) is 5.75 Å². The topological polar surface area (TPSA) is 73.3 Å². The summed E-state index contributed by atoms with van der Waals surface area (Å²) in [6, 6.07) is 13.3. The minimum absolute atomic E-state index is 0.684. The number of rotatable bonds is 4. The molecule has 2 rings (SSSR count). The number of nitrogens with two attached hydrogens (primary N) is 2. The van der Waals surface area contributed by atoms with Crippen LogP contribution in [0, 0.1) is 0 Å². The largest absolute Gasteiger partial charge is 0.497 e. The van der Waals surface area contributed by atoms with E-state index in [4.69, 9.17) is 15.6 Å². The van der Waals surface area contributed by atoms with Crippen molar-refractivity contribution in [1.82, 2.24) is 0 Å². The van der Waals surface area contributed by atoms with Gasteiger partial charge < -0.3 is 15.8 Å². The maximum absolute atomic E-state index is 5.91. The molecule has 0 aliphatic carbocycles. The molecule has 0 heterocycles. The van der Waals surface area contributed by atoms with Crippen molar-refractivity contribution in [2.45, 2.75) is 18.7 Å². The van der Waals surface area contributed by atoms with E-state index in [9.17, 15) is 0 Å². The summed E-state index contributed by atoms with van der Waals surface area (Å²) >= 11 is 1.19. The van der Waals surface area contributed by atoms with Crippen LogP contribution in [0.2, 0.25) is 0 Å². The van der Waals surface area contributed by atoms with Crippen LogP contribution in [0.15, 0.2) is 47.4 Å². The third-order valence-electron chi connectivity index (χ3n) is 2.53. The lowest BCUT2D eigenvalue weighted by Gasteiger charge is -2.11. The first-order valence-corrected chi connectivity index (χ1v) is 7.28. The van der Waals surface area contributed by atoms with Crippen molar-refractivity contribution in [1.29, 1.82) is 0 Å². The molecule has 0 saturated heterocycles. The van der Waals surface area contributed by atoms with Crippen LogP contribution >= 0.6 is 11.9 Å². The number of benzene rings is 2. The first-order chi connectivity index (χ1) is 9.72. The normalized spacial score (nSPS) is 9.40. The Bertz CT molecular complexity index is 529. The van der Waals surface area contributed by atoms with E-state index in [1.165, 1.54) is 11.9 Å². The molecule has 5 heteroatoms. The Labute approximate surface area is 124 Å². The Morgan fingerprint density at radius 3 is 2.25 bits per heavy atom. The second-order valence-corrected chi connectivity index (χ2v) is 4.43. The summed E-state index contributed by atoms with van der Waals surface area (Å²) in [5, 5.41) is 8.78. The molecule has 0 aromatic heterocycles. The van der Waals surface area contributed by atoms with E-state index < -0.39 is 0 Å². The van der Waals surface area contributed by atoms with Gasteiger partial charge in [-0.3, -0.25) is 5.14 Å². The Kier molecular flexibility index (Phi) is 6.76. The third-order valence-corrected chi connectivity index (χ3v) is 3.06. The van der Waals surface area contributed by atoms with Gasteiger partial charge in [-0.15, -0.1) is 0 Å². The number of nitrogens with one attached hydrogen (secondary N) is 1. The molecule has 0 bridgehead atoms. The van der Waals surface area contributed by atoms with Crippen molar-refractivity contribution < 1.29 is 4.74 Å². The number of anilines is 3. The second-order valence-electron chi connectivity index (χ2n) is 3.72. The van der Waals surface area contributed by atoms with Crippen molar-refractivity contribution in [3.8, 4) is 5.75 Å². The molecule has 0 atom stereocenters. The van der Waals surface area contributed by atoms with Gasteiger partial charge in [-0.1, -0.05) is 13.8 Å². The Hall–Kier alpha value is -1.85. The minimum Gasteiger partial charge on any atom is -0.497 e. The van der Waals surface area contributed by atoms with Gasteiger partial charge in [-0.05, 0) is 54.4 Å². The zero-order valence-corrected chi connectivity index (χ0v) is 12.8. The zero-order valence-electron chi connectivity index (χ0n) is 12.0. The number of ether oxygens (including phenoxy) is 1. The van der Waals surface area contributed by atoms with Gasteiger partial charge in [0.05, 0.1) is 18.5 Å². The molecule has 0 amide bonds. The molecule has 0 fully saturated rings. The third kappa shape index (κ3) is 4.36. The summed E-state index contributed by atoms with van der Waals surface area (Å²) in [5.74, 6) is 0.819. The van der Waals surface area contributed by atoms with Gasteiger partial charge in [-0.2, -0.15) is 0 Å². The summed E-state index contributed by atoms with van der Waals surface area (Å²) in [5.41, 5.74) is 8.38. The van der Waals surface area contributed by atoms with Crippen LogP contribution in [0.3, 0.4) is 0 Å². The van der Waals surface area contributed by atoms with E-state index in [0.29, 0.717) is 5.69 Å². The van der Waals surface area contributed by atoms with E-state index in [0.717, 1.165) is 22.0 Å². The average Bonchev–Trinajstić information content (AvgIpc) is 2.52. The highest BCUT2D eigenvalue weighted by molar-refractivity contribution is 7.97. The van der Waals surface area contributed by atoms with Crippen molar-refractivity contribution in [2.75, 3.05) is 18.2 Å². The van der Waals surface area contributed by atoms with Crippen LogP contribution in [0.25, 0.3) is 0 Å². The zero-order chi connectivity index (χ0) is 15.0. The predicted molar refractivity (Wildman–Crippen MR) is 88.5 cm³/mol. The number of hydrogen-bond acceptors (Lipinski definition) is 5. The van der Waals surface area contributed by atoms with Crippen molar-refractivity contribution >= 4 is 29.0 Å². The molecular formula is C15H21N3OS. The first kappa shape index (κ1) is 16.2. The molecule has 0 saturated carbocycles. The molecule has 2 aromatic rings. The molecular weight excluding hydrogens is 270 g/mol. The van der Waals surface area contributed by atoms with Gasteiger partial charge in [0, 0.05) is 10.6 Å². The van der Waals surface area contributed by atoms with E-state index in [-0.39, 0.29) is 0 Å². The van der Waals surface area contributed by atoms with E-state index in [1.54, 1.807) is 7.11 Å². The maximum atomic E-state index is 5.91. The van der Waals surface area contributed by atoms with Crippen molar-refractivity contribution in [3.63, 3.8) is 0 Å². The van der Waals surface area contributed by atoms with Crippen molar-refractivity contribution in [2.24, 2.45) is 5.14 Å². The van der Waals surface area contributed by atoms with Crippen LogP contribution in [-0.2, 0) is 0 Å². The SMILES string of the molecule is CC.COc1ccc(Nc2cc(SN)ccc2N)cc1. The fourth-order valence-electron chi connectivity index (χ4n) is 1.55. The van der Waals surface area contributed by atoms with Crippen molar-refractivity contribution in [3.05, 3.63) is 42.5 Å². The highest BCUT2D eigenvalue weighted by Gasteiger charge is 2.02. The number of hydrogen-bond donors (Lipinski definition) is 3. The summed E-state index contributed by atoms with van der Waals surface area (Å²) < 4.78 is 5.11. The smallest absolute Gasteiger partial charge is 0.119 e. The Morgan fingerprint density at radius 2 is 1.70 bits per heavy atom. The monoisotopic (exact) mass is 291 g/mol. The van der Waals surface area contributed by atoms with Crippen LogP contribution in [0.4, 0.5) is 17.1 Å². The maximum Gasteiger partial charge on any atom is 0.119 e. The number of nitrogen functional groups attached to an aromatic ring is 1. The molecule has 0 spiro atoms. The Morgan fingerprint density at radius 1 is 1.05 bits per heavy atom. The fraction of sp³-hybridized carbons (Fsp3) is 0.200. The second kappa shape index (κ2) is 8.35. The van der Waals surface area contributed by atoms with Crippen LogP contribution in [0.5, 0.6) is 5.75 Å². The highest BCUT2D eigenvalue weighted by Crippen LogP contribution is 2.27. The molecule has 0 aliphatic heterocycles. The van der Waals surface area contributed by atoms with E-state index in [1.807, 2.05) is 56.3 Å². The molecule has 0 unspecified atom stereocenters. The summed E-state index contributed by atoms with van der Waals surface area (Å²) in [6.07, 6.45) is 0. The fourth-order valence-corrected chi connectivity index (χ4v) is 1.88. The average molecular weight is 291 g/mol. The highest BCUT2D eigenvalue weighted by atomic mass is 32.2. The molecule has 0 aliphatic rings. The van der Waals surface area contributed by atoms with E-state index >= 15 is 0 Å². The van der Waals surface area contributed by atoms with Gasteiger partial charge in [0.15, 0.2) is 0 Å². The molecule has 4 nitrogen and oxygen atoms in total. The van der Waals surface area contributed by atoms with Gasteiger partial charge in [0.2, 0.25) is 0 Å². The first-order valence-electron chi connectivity index (χ1n) is 6.40. The summed E-state index contributed by atoms with van der Waals surface area (Å²) in [6.45, 7) is 4.00. The molecule has 108 valence electrons. The Balaban J connectivity index is 0.000000956. The van der Waals surface area contributed by atoms with Gasteiger partial charge in [0.25, 0.3) is 0 Å². The van der Waals surface area contributed by atoms with E-state index in [2.05, 4.69) is 5.32 Å². The lowest BCUT2D eigenvalue weighted by molar-refractivity contribution is 0.415. The van der Waals surface area contributed by atoms with Crippen LogP contribution in [-0.4, -0.2) is 7.11 Å². The standard InChI is InChI=1S/C13H15N3OS.C2H6/c1-17-10-4-2-9(3-5-10)16-13-8-11(18-15)6-7-12(13)14;1-2/h2-8,16H,14-15H2,1H3;1-2H3. The summed E-state index contributed by atoms with van der Waals surface area (Å²) in [4.78, 5) is 0.959. The lowest BCUT2D eigenvalue weighted by atomic mass is 10.2. The van der Waals surface area contributed by atoms with Gasteiger partial charge >= 0.3 is 0 Å². The number of methoxy groups -OCH3 is 1. The minimum atomic E-state index is 0.684. The quantitative estimate of drug-likeness (QED) is 0.586. The molecule has 0 radical (unpaired) electrons. The lowest BCUT2D eigenvalue weighted by Crippen LogP contribution is -1.97. The molecule has 5 N–H and O–H groups in total.